The molecule has 0 spiro atoms. The van der Waals surface area contributed by atoms with Crippen molar-refractivity contribution in [2.45, 2.75) is 13.0 Å². The second kappa shape index (κ2) is 4.70. The third kappa shape index (κ3) is 2.12. The smallest absolute Gasteiger partial charge is 0.266 e. The Labute approximate surface area is 118 Å². The maximum Gasteiger partial charge on any atom is 0.266 e. The molecule has 0 amide bonds. The molecular weight excluding hydrogens is 310 g/mol. The summed E-state index contributed by atoms with van der Waals surface area (Å²) in [6, 6.07) is 7.23. The third-order valence-electron chi connectivity index (χ3n) is 3.12. The van der Waals surface area contributed by atoms with Crippen molar-refractivity contribution in [2.24, 2.45) is 0 Å². The van der Waals surface area contributed by atoms with Gasteiger partial charge in [-0.05, 0) is 24.1 Å². The van der Waals surface area contributed by atoms with E-state index < -0.39 is 0 Å². The van der Waals surface area contributed by atoms with Crippen LogP contribution in [0.1, 0.15) is 6.42 Å². The number of fused-ring (bicyclic) bond motifs is 1. The van der Waals surface area contributed by atoms with Gasteiger partial charge in [0, 0.05) is 17.6 Å². The van der Waals surface area contributed by atoms with E-state index in [1.54, 1.807) is 16.7 Å². The molecule has 1 aliphatic rings. The van der Waals surface area contributed by atoms with E-state index in [0.29, 0.717) is 18.1 Å². The maximum absolute atomic E-state index is 12.4. The van der Waals surface area contributed by atoms with E-state index in [1.165, 1.54) is 0 Å². The van der Waals surface area contributed by atoms with E-state index >= 15 is 0 Å². The fraction of sp³-hybridized carbons (Fsp3) is 0.231. The van der Waals surface area contributed by atoms with Crippen LogP contribution in [0.3, 0.4) is 0 Å². The molecule has 3 rings (SSSR count). The topological polar surface area (TPSA) is 67.1 Å². The Morgan fingerprint density at radius 1 is 1.32 bits per heavy atom. The van der Waals surface area contributed by atoms with E-state index in [1.807, 2.05) is 12.1 Å². The van der Waals surface area contributed by atoms with Crippen molar-refractivity contribution < 1.29 is 5.11 Å². The van der Waals surface area contributed by atoms with Gasteiger partial charge in [0.25, 0.3) is 5.56 Å². The highest BCUT2D eigenvalue weighted by molar-refractivity contribution is 9.10. The molecule has 1 aliphatic heterocycles. The Morgan fingerprint density at radius 2 is 2.05 bits per heavy atom. The third-order valence-corrected chi connectivity index (χ3v) is 3.65. The lowest BCUT2D eigenvalue weighted by Gasteiger charge is -2.20. The number of hydrogen-bond acceptors (Lipinski definition) is 4. The van der Waals surface area contributed by atoms with Gasteiger partial charge in [-0.1, -0.05) is 28.1 Å². The molecule has 0 saturated carbocycles. The second-order valence-corrected chi connectivity index (χ2v) is 5.29. The summed E-state index contributed by atoms with van der Waals surface area (Å²) in [6.45, 7) is 1.39. The van der Waals surface area contributed by atoms with Crippen LogP contribution in [0.25, 0.3) is 11.1 Å². The SMILES string of the molecule is O=c1c(-c2ccc(Br)cc2)c(O)nc2n1CCCN2. The Hall–Kier alpha value is -1.82. The number of rotatable bonds is 1. The molecule has 0 radical (unpaired) electrons. The minimum absolute atomic E-state index is 0.211. The molecule has 0 bridgehead atoms. The van der Waals surface area contributed by atoms with E-state index in [9.17, 15) is 9.90 Å². The largest absolute Gasteiger partial charge is 0.493 e. The average molecular weight is 322 g/mol. The molecule has 0 atom stereocenters. The standard InChI is InChI=1S/C13H12BrN3O2/c14-9-4-2-8(3-5-9)10-11(18)16-13-15-6-1-7-17(13)12(10)19/h2-5,18H,1,6-7H2,(H,15,16). The summed E-state index contributed by atoms with van der Waals surface area (Å²) < 4.78 is 2.49. The number of anilines is 1. The lowest BCUT2D eigenvalue weighted by molar-refractivity contribution is 0.447. The Bertz CT molecular complexity index is 680. The summed E-state index contributed by atoms with van der Waals surface area (Å²) in [5.74, 6) is 0.211. The first-order valence-corrected chi connectivity index (χ1v) is 6.80. The van der Waals surface area contributed by atoms with Crippen LogP contribution in [-0.4, -0.2) is 21.2 Å². The summed E-state index contributed by atoms with van der Waals surface area (Å²) in [7, 11) is 0. The van der Waals surface area contributed by atoms with Gasteiger partial charge >= 0.3 is 0 Å². The molecule has 1 aromatic carbocycles. The molecule has 19 heavy (non-hydrogen) atoms. The molecule has 0 saturated heterocycles. The quantitative estimate of drug-likeness (QED) is 0.845. The van der Waals surface area contributed by atoms with Crippen molar-refractivity contribution in [3.63, 3.8) is 0 Å². The van der Waals surface area contributed by atoms with Crippen molar-refractivity contribution in [2.75, 3.05) is 11.9 Å². The lowest BCUT2D eigenvalue weighted by atomic mass is 10.1. The van der Waals surface area contributed by atoms with Gasteiger partial charge in [0.15, 0.2) is 0 Å². The van der Waals surface area contributed by atoms with Gasteiger partial charge in [0.1, 0.15) is 5.56 Å². The van der Waals surface area contributed by atoms with Crippen LogP contribution in [0.2, 0.25) is 0 Å². The maximum atomic E-state index is 12.4. The normalized spacial score (nSPS) is 13.7. The van der Waals surface area contributed by atoms with E-state index in [4.69, 9.17) is 0 Å². The van der Waals surface area contributed by atoms with Gasteiger partial charge < -0.3 is 10.4 Å². The highest BCUT2D eigenvalue weighted by Gasteiger charge is 2.19. The Kier molecular flexibility index (Phi) is 3.02. The first-order valence-electron chi connectivity index (χ1n) is 6.00. The van der Waals surface area contributed by atoms with E-state index in [2.05, 4.69) is 26.2 Å². The fourth-order valence-corrected chi connectivity index (χ4v) is 2.46. The molecule has 1 aromatic heterocycles. The molecule has 5 nitrogen and oxygen atoms in total. The van der Waals surface area contributed by atoms with Crippen molar-refractivity contribution in [1.82, 2.24) is 9.55 Å². The number of aromatic hydroxyl groups is 1. The first kappa shape index (κ1) is 12.2. The predicted molar refractivity (Wildman–Crippen MR) is 76.4 cm³/mol. The van der Waals surface area contributed by atoms with E-state index in [-0.39, 0.29) is 17.0 Å². The van der Waals surface area contributed by atoms with Crippen molar-refractivity contribution in [3.8, 4) is 17.0 Å². The monoisotopic (exact) mass is 321 g/mol. The molecular formula is C13H12BrN3O2. The van der Waals surface area contributed by atoms with Gasteiger partial charge in [0.2, 0.25) is 11.8 Å². The zero-order valence-corrected chi connectivity index (χ0v) is 11.6. The van der Waals surface area contributed by atoms with Crippen molar-refractivity contribution >= 4 is 21.9 Å². The summed E-state index contributed by atoms with van der Waals surface area (Å²) in [5.41, 5.74) is 0.705. The highest BCUT2D eigenvalue weighted by Crippen LogP contribution is 2.27. The molecule has 0 unspecified atom stereocenters. The number of benzene rings is 1. The molecule has 0 fully saturated rings. The van der Waals surface area contributed by atoms with Crippen LogP contribution in [0, 0.1) is 0 Å². The number of aromatic nitrogens is 2. The predicted octanol–water partition coefficient (Wildman–Crippen LogP) is 2.19. The molecule has 2 aromatic rings. The van der Waals surface area contributed by atoms with Crippen LogP contribution in [0.5, 0.6) is 5.88 Å². The number of halogens is 1. The lowest BCUT2D eigenvalue weighted by Crippen LogP contribution is -2.31. The summed E-state index contributed by atoms with van der Waals surface area (Å²) in [4.78, 5) is 16.5. The van der Waals surface area contributed by atoms with Crippen LogP contribution < -0.4 is 10.9 Å². The first-order chi connectivity index (χ1) is 9.16. The Balaban J connectivity index is 2.21. The second-order valence-electron chi connectivity index (χ2n) is 4.38. The molecule has 2 heterocycles. The fourth-order valence-electron chi connectivity index (χ4n) is 2.19. The number of nitrogens with one attached hydrogen (secondary N) is 1. The summed E-state index contributed by atoms with van der Waals surface area (Å²) in [5, 5.41) is 13.0. The number of hydrogen-bond donors (Lipinski definition) is 2. The van der Waals surface area contributed by atoms with Crippen LogP contribution in [-0.2, 0) is 6.54 Å². The van der Waals surface area contributed by atoms with Gasteiger partial charge in [-0.15, -0.1) is 0 Å². The van der Waals surface area contributed by atoms with Crippen LogP contribution in [0.15, 0.2) is 33.5 Å². The molecule has 0 aliphatic carbocycles. The average Bonchev–Trinajstić information content (AvgIpc) is 2.41. The minimum Gasteiger partial charge on any atom is -0.493 e. The van der Waals surface area contributed by atoms with Gasteiger partial charge in [0.05, 0.1) is 0 Å². The van der Waals surface area contributed by atoms with Crippen LogP contribution in [0.4, 0.5) is 5.95 Å². The molecule has 98 valence electrons. The van der Waals surface area contributed by atoms with Crippen molar-refractivity contribution in [3.05, 3.63) is 39.1 Å². The number of nitrogens with zero attached hydrogens (tertiary/aromatic N) is 2. The molecule has 2 N–H and O–H groups in total. The van der Waals surface area contributed by atoms with Gasteiger partial charge in [-0.25, -0.2) is 0 Å². The molecule has 6 heteroatoms. The highest BCUT2D eigenvalue weighted by atomic mass is 79.9. The van der Waals surface area contributed by atoms with Crippen molar-refractivity contribution in [1.29, 1.82) is 0 Å². The van der Waals surface area contributed by atoms with Gasteiger partial charge in [-0.2, -0.15) is 4.98 Å². The van der Waals surface area contributed by atoms with E-state index in [0.717, 1.165) is 17.4 Å². The minimum atomic E-state index is -0.229. The Morgan fingerprint density at radius 3 is 2.79 bits per heavy atom. The van der Waals surface area contributed by atoms with Crippen LogP contribution >= 0.6 is 15.9 Å². The zero-order valence-electron chi connectivity index (χ0n) is 10.1. The summed E-state index contributed by atoms with van der Waals surface area (Å²) >= 11 is 3.34. The van der Waals surface area contributed by atoms with Gasteiger partial charge in [-0.3, -0.25) is 9.36 Å². The summed E-state index contributed by atoms with van der Waals surface area (Å²) in [6.07, 6.45) is 0.874. The zero-order chi connectivity index (χ0) is 13.4.